The van der Waals surface area contributed by atoms with Crippen LogP contribution in [0.4, 0.5) is 4.39 Å². The van der Waals surface area contributed by atoms with Crippen molar-refractivity contribution in [2.24, 2.45) is 0 Å². The molecule has 0 saturated heterocycles. The van der Waals surface area contributed by atoms with Gasteiger partial charge in [0.2, 0.25) is 0 Å². The zero-order valence-corrected chi connectivity index (χ0v) is 9.72. The predicted octanol–water partition coefficient (Wildman–Crippen LogP) is 2.22. The average molecular weight is 246 g/mol. The Morgan fingerprint density at radius 1 is 1.33 bits per heavy atom. The minimum Gasteiger partial charge on any atom is -0.481 e. The fourth-order valence-corrected chi connectivity index (χ4v) is 1.68. The van der Waals surface area contributed by atoms with Gasteiger partial charge in [-0.1, -0.05) is 12.1 Å². The van der Waals surface area contributed by atoms with E-state index in [2.05, 4.69) is 9.97 Å². The molecule has 0 amide bonds. The lowest BCUT2D eigenvalue weighted by Crippen LogP contribution is -2.05. The fourth-order valence-electron chi connectivity index (χ4n) is 1.68. The molecule has 5 heteroatoms. The third-order valence-electron chi connectivity index (χ3n) is 2.37. The van der Waals surface area contributed by atoms with Crippen LogP contribution in [0.5, 0.6) is 0 Å². The summed E-state index contributed by atoms with van der Waals surface area (Å²) < 4.78 is 13.6. The minimum absolute atomic E-state index is 0.204. The highest BCUT2D eigenvalue weighted by Gasteiger charge is 2.10. The number of aromatic nitrogens is 2. The number of benzene rings is 1. The SMILES string of the molecule is Cc1nc(CC(=O)O)cc(-c2ccccc2F)n1. The molecule has 0 aliphatic carbocycles. The van der Waals surface area contributed by atoms with Gasteiger partial charge >= 0.3 is 5.97 Å². The van der Waals surface area contributed by atoms with Gasteiger partial charge in [0.15, 0.2) is 0 Å². The first-order valence-corrected chi connectivity index (χ1v) is 5.37. The molecule has 92 valence electrons. The summed E-state index contributed by atoms with van der Waals surface area (Å²) >= 11 is 0. The molecule has 1 aromatic heterocycles. The number of halogens is 1. The smallest absolute Gasteiger partial charge is 0.309 e. The summed E-state index contributed by atoms with van der Waals surface area (Å²) in [5.74, 6) is -0.948. The number of aryl methyl sites for hydroxylation is 1. The molecule has 1 aromatic carbocycles. The Bertz CT molecular complexity index is 599. The summed E-state index contributed by atoms with van der Waals surface area (Å²) in [6.07, 6.45) is -0.204. The molecule has 18 heavy (non-hydrogen) atoms. The maximum atomic E-state index is 13.6. The molecular weight excluding hydrogens is 235 g/mol. The molecule has 0 aliphatic rings. The molecule has 0 spiro atoms. The summed E-state index contributed by atoms with van der Waals surface area (Å²) in [4.78, 5) is 18.8. The van der Waals surface area contributed by atoms with Gasteiger partial charge in [-0.25, -0.2) is 14.4 Å². The third-order valence-corrected chi connectivity index (χ3v) is 2.37. The largest absolute Gasteiger partial charge is 0.481 e. The molecule has 0 fully saturated rings. The van der Waals surface area contributed by atoms with Crippen LogP contribution < -0.4 is 0 Å². The third kappa shape index (κ3) is 2.68. The van der Waals surface area contributed by atoms with Crippen molar-refractivity contribution >= 4 is 5.97 Å². The number of carboxylic acid groups (broad SMARTS) is 1. The molecular formula is C13H11FN2O2. The van der Waals surface area contributed by atoms with Gasteiger partial charge in [-0.3, -0.25) is 4.79 Å². The van der Waals surface area contributed by atoms with E-state index in [1.165, 1.54) is 12.1 Å². The molecule has 0 bridgehead atoms. The fraction of sp³-hybridized carbons (Fsp3) is 0.154. The van der Waals surface area contributed by atoms with Gasteiger partial charge in [0.25, 0.3) is 0 Å². The maximum Gasteiger partial charge on any atom is 0.309 e. The summed E-state index contributed by atoms with van der Waals surface area (Å²) in [5.41, 5.74) is 1.11. The van der Waals surface area contributed by atoms with Crippen LogP contribution in [-0.4, -0.2) is 21.0 Å². The molecule has 4 nitrogen and oxygen atoms in total. The van der Waals surface area contributed by atoms with Gasteiger partial charge in [-0.2, -0.15) is 0 Å². The number of aliphatic carboxylic acids is 1. The molecule has 0 radical (unpaired) electrons. The maximum absolute atomic E-state index is 13.6. The summed E-state index contributed by atoms with van der Waals surface area (Å²) in [6, 6.07) is 7.72. The van der Waals surface area contributed by atoms with E-state index in [0.717, 1.165) is 0 Å². The van der Waals surface area contributed by atoms with Crippen LogP contribution in [0.25, 0.3) is 11.3 Å². The lowest BCUT2D eigenvalue weighted by Gasteiger charge is -2.05. The van der Waals surface area contributed by atoms with Gasteiger partial charge in [-0.05, 0) is 25.1 Å². The number of hydrogen-bond acceptors (Lipinski definition) is 3. The van der Waals surface area contributed by atoms with Crippen LogP contribution in [-0.2, 0) is 11.2 Å². The van der Waals surface area contributed by atoms with Crippen molar-refractivity contribution in [2.45, 2.75) is 13.3 Å². The molecule has 0 unspecified atom stereocenters. The van der Waals surface area contributed by atoms with Crippen molar-refractivity contribution in [1.82, 2.24) is 9.97 Å². The molecule has 0 saturated carbocycles. The van der Waals surface area contributed by atoms with E-state index < -0.39 is 11.8 Å². The van der Waals surface area contributed by atoms with Gasteiger partial charge in [0.05, 0.1) is 17.8 Å². The standard InChI is InChI=1S/C13H11FN2O2/c1-8-15-9(7-13(17)18)6-12(16-8)10-4-2-3-5-11(10)14/h2-6H,7H2,1H3,(H,17,18). The van der Waals surface area contributed by atoms with Crippen LogP contribution in [0.3, 0.4) is 0 Å². The van der Waals surface area contributed by atoms with E-state index in [4.69, 9.17) is 5.11 Å². The van der Waals surface area contributed by atoms with Gasteiger partial charge in [0, 0.05) is 5.56 Å². The number of carbonyl (C=O) groups is 1. The first-order valence-electron chi connectivity index (χ1n) is 5.37. The highest BCUT2D eigenvalue weighted by atomic mass is 19.1. The highest BCUT2D eigenvalue weighted by molar-refractivity contribution is 5.70. The predicted molar refractivity (Wildman–Crippen MR) is 63.5 cm³/mol. The summed E-state index contributed by atoms with van der Waals surface area (Å²) in [6.45, 7) is 1.65. The van der Waals surface area contributed by atoms with Crippen molar-refractivity contribution in [3.8, 4) is 11.3 Å². The first kappa shape index (κ1) is 12.2. The van der Waals surface area contributed by atoms with Crippen molar-refractivity contribution < 1.29 is 14.3 Å². The lowest BCUT2D eigenvalue weighted by molar-refractivity contribution is -0.136. The van der Waals surface area contributed by atoms with Gasteiger partial charge < -0.3 is 5.11 Å². The Morgan fingerprint density at radius 3 is 2.72 bits per heavy atom. The number of rotatable bonds is 3. The van der Waals surface area contributed by atoms with Crippen molar-refractivity contribution in [3.05, 3.63) is 47.7 Å². The van der Waals surface area contributed by atoms with Crippen molar-refractivity contribution in [3.63, 3.8) is 0 Å². The van der Waals surface area contributed by atoms with Gasteiger partial charge in [-0.15, -0.1) is 0 Å². The van der Waals surface area contributed by atoms with Crippen LogP contribution in [0.15, 0.2) is 30.3 Å². The number of hydrogen-bond donors (Lipinski definition) is 1. The summed E-state index contributed by atoms with van der Waals surface area (Å²) in [7, 11) is 0. The monoisotopic (exact) mass is 246 g/mol. The number of nitrogens with zero attached hydrogens (tertiary/aromatic N) is 2. The van der Waals surface area contributed by atoms with E-state index in [0.29, 0.717) is 22.8 Å². The van der Waals surface area contributed by atoms with E-state index in [-0.39, 0.29) is 6.42 Å². The second kappa shape index (κ2) is 4.91. The van der Waals surface area contributed by atoms with E-state index in [1.54, 1.807) is 25.1 Å². The molecule has 1 heterocycles. The number of carboxylic acids is 1. The van der Waals surface area contributed by atoms with E-state index >= 15 is 0 Å². The molecule has 2 rings (SSSR count). The Hall–Kier alpha value is -2.30. The van der Waals surface area contributed by atoms with E-state index in [1.807, 2.05) is 0 Å². The Kier molecular flexibility index (Phi) is 3.32. The van der Waals surface area contributed by atoms with Crippen molar-refractivity contribution in [1.29, 1.82) is 0 Å². The normalized spacial score (nSPS) is 10.3. The van der Waals surface area contributed by atoms with Crippen LogP contribution >= 0.6 is 0 Å². The van der Waals surface area contributed by atoms with Gasteiger partial charge in [0.1, 0.15) is 11.6 Å². The Morgan fingerprint density at radius 2 is 2.06 bits per heavy atom. The van der Waals surface area contributed by atoms with E-state index in [9.17, 15) is 9.18 Å². The Labute approximate surface area is 103 Å². The van der Waals surface area contributed by atoms with Crippen molar-refractivity contribution in [2.75, 3.05) is 0 Å². The zero-order valence-electron chi connectivity index (χ0n) is 9.72. The van der Waals surface area contributed by atoms with Crippen LogP contribution in [0.2, 0.25) is 0 Å². The Balaban J connectivity index is 2.48. The quantitative estimate of drug-likeness (QED) is 0.901. The second-order valence-electron chi connectivity index (χ2n) is 3.84. The molecule has 0 atom stereocenters. The first-order chi connectivity index (χ1) is 8.56. The zero-order chi connectivity index (χ0) is 13.1. The topological polar surface area (TPSA) is 63.1 Å². The molecule has 2 aromatic rings. The highest BCUT2D eigenvalue weighted by Crippen LogP contribution is 2.21. The minimum atomic E-state index is -0.979. The van der Waals surface area contributed by atoms with Crippen LogP contribution in [0.1, 0.15) is 11.5 Å². The summed E-state index contributed by atoms with van der Waals surface area (Å²) in [5, 5.41) is 8.74. The lowest BCUT2D eigenvalue weighted by atomic mass is 10.1. The van der Waals surface area contributed by atoms with Crippen LogP contribution in [0, 0.1) is 12.7 Å². The molecule has 0 aliphatic heterocycles. The second-order valence-corrected chi connectivity index (χ2v) is 3.84. The molecule has 1 N–H and O–H groups in total. The average Bonchev–Trinajstić information content (AvgIpc) is 2.27.